The molecule has 0 aromatic carbocycles. The maximum Gasteiger partial charge on any atom is 0.217 e. The molecule has 20 heavy (non-hydrogen) atoms. The Morgan fingerprint density at radius 2 is 1.85 bits per heavy atom. The lowest BCUT2D eigenvalue weighted by atomic mass is 9.80. The lowest BCUT2D eigenvalue weighted by Crippen LogP contribution is -2.47. The first-order valence-corrected chi connectivity index (χ1v) is 8.26. The second kappa shape index (κ2) is 6.44. The van der Waals surface area contributed by atoms with Crippen LogP contribution in [0.5, 0.6) is 0 Å². The fraction of sp³-hybridized carbons (Fsp3) is 0.938. The predicted molar refractivity (Wildman–Crippen MR) is 76.4 cm³/mol. The van der Waals surface area contributed by atoms with Crippen molar-refractivity contribution in [1.82, 2.24) is 5.32 Å². The van der Waals surface area contributed by atoms with Crippen molar-refractivity contribution >= 4 is 5.91 Å². The van der Waals surface area contributed by atoms with Crippen LogP contribution in [0.4, 0.5) is 0 Å². The Bertz CT molecular complexity index is 337. The Hall–Kier alpha value is -0.610. The minimum absolute atomic E-state index is 0.0685. The summed E-state index contributed by atoms with van der Waals surface area (Å²) in [7, 11) is 0. The summed E-state index contributed by atoms with van der Waals surface area (Å²) < 4.78 is 11.8. The molecule has 4 unspecified atom stereocenters. The maximum atomic E-state index is 11.4. The van der Waals surface area contributed by atoms with Crippen molar-refractivity contribution in [3.05, 3.63) is 0 Å². The Morgan fingerprint density at radius 1 is 1.10 bits per heavy atom. The SMILES string of the molecule is CC(=O)NC1CC(OC2CCCCC2)CCC1C1CO1. The van der Waals surface area contributed by atoms with Crippen LogP contribution in [0.15, 0.2) is 0 Å². The molecule has 4 nitrogen and oxygen atoms in total. The van der Waals surface area contributed by atoms with E-state index in [2.05, 4.69) is 5.32 Å². The number of carbonyl (C=O) groups is 1. The Labute approximate surface area is 121 Å². The van der Waals surface area contributed by atoms with Crippen LogP contribution in [0.3, 0.4) is 0 Å². The van der Waals surface area contributed by atoms with E-state index in [1.165, 1.54) is 32.1 Å². The third kappa shape index (κ3) is 3.73. The molecule has 0 aromatic rings. The van der Waals surface area contributed by atoms with Crippen molar-refractivity contribution in [3.63, 3.8) is 0 Å². The molecule has 1 N–H and O–H groups in total. The van der Waals surface area contributed by atoms with Gasteiger partial charge in [-0.05, 0) is 32.1 Å². The van der Waals surface area contributed by atoms with Gasteiger partial charge in [0.05, 0.1) is 24.9 Å². The zero-order chi connectivity index (χ0) is 13.9. The first kappa shape index (κ1) is 14.3. The molecule has 2 aliphatic carbocycles. The van der Waals surface area contributed by atoms with E-state index in [9.17, 15) is 4.79 Å². The normalized spacial score (nSPS) is 38.5. The lowest BCUT2D eigenvalue weighted by molar-refractivity contribution is -0.121. The molecule has 4 heteroatoms. The topological polar surface area (TPSA) is 50.9 Å². The molecule has 0 bridgehead atoms. The summed E-state index contributed by atoms with van der Waals surface area (Å²) in [6, 6.07) is 0.238. The minimum atomic E-state index is 0.0685. The van der Waals surface area contributed by atoms with E-state index in [0.29, 0.717) is 24.2 Å². The van der Waals surface area contributed by atoms with E-state index >= 15 is 0 Å². The highest BCUT2D eigenvalue weighted by atomic mass is 16.6. The van der Waals surface area contributed by atoms with Gasteiger partial charge in [-0.1, -0.05) is 19.3 Å². The van der Waals surface area contributed by atoms with E-state index in [-0.39, 0.29) is 11.9 Å². The van der Waals surface area contributed by atoms with Crippen molar-refractivity contribution in [2.24, 2.45) is 5.92 Å². The fourth-order valence-corrected chi connectivity index (χ4v) is 3.93. The molecule has 0 spiro atoms. The molecule has 1 aliphatic heterocycles. The number of nitrogens with one attached hydrogen (secondary N) is 1. The van der Waals surface area contributed by atoms with Crippen molar-refractivity contribution in [2.45, 2.75) is 82.6 Å². The average Bonchev–Trinajstić information content (AvgIpc) is 3.24. The van der Waals surface area contributed by atoms with Crippen molar-refractivity contribution in [1.29, 1.82) is 0 Å². The Balaban J connectivity index is 1.53. The molecule has 3 fully saturated rings. The number of amides is 1. The number of carbonyl (C=O) groups excluding carboxylic acids is 1. The average molecular weight is 281 g/mol. The zero-order valence-corrected chi connectivity index (χ0v) is 12.5. The minimum Gasteiger partial charge on any atom is -0.375 e. The summed E-state index contributed by atoms with van der Waals surface area (Å²) in [6.45, 7) is 2.48. The lowest BCUT2D eigenvalue weighted by Gasteiger charge is -2.38. The molecular weight excluding hydrogens is 254 g/mol. The van der Waals surface area contributed by atoms with Gasteiger partial charge >= 0.3 is 0 Å². The number of hydrogen-bond acceptors (Lipinski definition) is 3. The fourth-order valence-electron chi connectivity index (χ4n) is 3.93. The Morgan fingerprint density at radius 3 is 2.50 bits per heavy atom. The molecule has 2 saturated carbocycles. The van der Waals surface area contributed by atoms with Crippen LogP contribution in [-0.4, -0.2) is 36.9 Å². The van der Waals surface area contributed by atoms with Crippen LogP contribution in [0.1, 0.15) is 58.3 Å². The summed E-state index contributed by atoms with van der Waals surface area (Å²) >= 11 is 0. The van der Waals surface area contributed by atoms with Gasteiger partial charge in [-0.3, -0.25) is 4.79 Å². The van der Waals surface area contributed by atoms with Crippen LogP contribution >= 0.6 is 0 Å². The number of epoxide rings is 1. The van der Waals surface area contributed by atoms with E-state index in [1.807, 2.05) is 0 Å². The van der Waals surface area contributed by atoms with E-state index in [0.717, 1.165) is 25.9 Å². The van der Waals surface area contributed by atoms with E-state index < -0.39 is 0 Å². The summed E-state index contributed by atoms with van der Waals surface area (Å²) in [5, 5.41) is 3.12. The number of rotatable bonds is 4. The highest BCUT2D eigenvalue weighted by Gasteiger charge is 2.42. The third-order valence-electron chi connectivity index (χ3n) is 5.02. The van der Waals surface area contributed by atoms with Crippen molar-refractivity contribution in [2.75, 3.05) is 6.61 Å². The van der Waals surface area contributed by atoms with Crippen LogP contribution in [0.2, 0.25) is 0 Å². The molecule has 114 valence electrons. The van der Waals surface area contributed by atoms with Gasteiger partial charge in [0, 0.05) is 18.9 Å². The second-order valence-electron chi connectivity index (χ2n) is 6.67. The molecule has 1 saturated heterocycles. The second-order valence-corrected chi connectivity index (χ2v) is 6.67. The Kier molecular flexibility index (Phi) is 4.61. The zero-order valence-electron chi connectivity index (χ0n) is 12.5. The molecule has 3 aliphatic rings. The van der Waals surface area contributed by atoms with Gasteiger partial charge in [0.1, 0.15) is 0 Å². The van der Waals surface area contributed by atoms with Gasteiger partial charge in [-0.15, -0.1) is 0 Å². The number of hydrogen-bond donors (Lipinski definition) is 1. The molecule has 0 radical (unpaired) electrons. The van der Waals surface area contributed by atoms with Gasteiger partial charge in [-0.2, -0.15) is 0 Å². The third-order valence-corrected chi connectivity index (χ3v) is 5.02. The van der Waals surface area contributed by atoms with Crippen LogP contribution in [0.25, 0.3) is 0 Å². The van der Waals surface area contributed by atoms with Crippen LogP contribution in [-0.2, 0) is 14.3 Å². The van der Waals surface area contributed by atoms with Crippen LogP contribution < -0.4 is 5.32 Å². The molecular formula is C16H27NO3. The van der Waals surface area contributed by atoms with Crippen molar-refractivity contribution in [3.8, 4) is 0 Å². The standard InChI is InChI=1S/C16H27NO3/c1-11(18)17-15-9-13(7-8-14(15)16-10-19-16)20-12-5-3-2-4-6-12/h12-16H,2-10H2,1H3,(H,17,18). The van der Waals surface area contributed by atoms with Gasteiger partial charge in [-0.25, -0.2) is 0 Å². The summed E-state index contributed by atoms with van der Waals surface area (Å²) in [5.41, 5.74) is 0. The molecule has 3 rings (SSSR count). The van der Waals surface area contributed by atoms with Gasteiger partial charge in [0.25, 0.3) is 0 Å². The van der Waals surface area contributed by atoms with Gasteiger partial charge in [0.2, 0.25) is 5.91 Å². The highest BCUT2D eigenvalue weighted by molar-refractivity contribution is 5.73. The molecule has 0 aromatic heterocycles. The van der Waals surface area contributed by atoms with Gasteiger partial charge in [0.15, 0.2) is 0 Å². The van der Waals surface area contributed by atoms with Crippen molar-refractivity contribution < 1.29 is 14.3 Å². The first-order chi connectivity index (χ1) is 9.72. The molecule has 1 amide bonds. The highest BCUT2D eigenvalue weighted by Crippen LogP contribution is 2.36. The van der Waals surface area contributed by atoms with E-state index in [1.54, 1.807) is 6.92 Å². The quantitative estimate of drug-likeness (QED) is 0.805. The number of ether oxygens (including phenoxy) is 2. The van der Waals surface area contributed by atoms with Gasteiger partial charge < -0.3 is 14.8 Å². The van der Waals surface area contributed by atoms with Crippen LogP contribution in [0, 0.1) is 5.92 Å². The monoisotopic (exact) mass is 281 g/mol. The molecule has 4 atom stereocenters. The maximum absolute atomic E-state index is 11.4. The van der Waals surface area contributed by atoms with E-state index in [4.69, 9.17) is 9.47 Å². The predicted octanol–water partition coefficient (Wildman–Crippen LogP) is 2.41. The largest absolute Gasteiger partial charge is 0.375 e. The summed E-state index contributed by atoms with van der Waals surface area (Å²) in [4.78, 5) is 11.4. The molecule has 1 heterocycles. The summed E-state index contributed by atoms with van der Waals surface area (Å²) in [5.74, 6) is 0.559. The first-order valence-electron chi connectivity index (χ1n) is 8.26. The smallest absolute Gasteiger partial charge is 0.217 e. The summed E-state index contributed by atoms with van der Waals surface area (Å²) in [6.07, 6.45) is 10.8.